The number of nitrogens with one attached hydrogen (secondary N) is 1. The fraction of sp³-hybridized carbons (Fsp3) is 0.571. The highest BCUT2D eigenvalue weighted by Gasteiger charge is 2.00. The van der Waals surface area contributed by atoms with Gasteiger partial charge in [0.15, 0.2) is 5.96 Å². The van der Waals surface area contributed by atoms with Crippen molar-refractivity contribution in [3.63, 3.8) is 0 Å². The van der Waals surface area contributed by atoms with Crippen molar-refractivity contribution in [2.75, 3.05) is 20.3 Å². The third-order valence-corrected chi connectivity index (χ3v) is 2.77. The molecule has 7 heteroatoms. The van der Waals surface area contributed by atoms with Gasteiger partial charge in [0.25, 0.3) is 0 Å². The zero-order chi connectivity index (χ0) is 14.8. The van der Waals surface area contributed by atoms with E-state index in [-0.39, 0.29) is 17.0 Å². The van der Waals surface area contributed by atoms with E-state index < -0.39 is 0 Å². The molecule has 0 aromatic carbocycles. The van der Waals surface area contributed by atoms with Gasteiger partial charge in [0.2, 0.25) is 5.88 Å². The molecule has 1 aromatic rings. The van der Waals surface area contributed by atoms with Crippen LogP contribution in [-0.4, -0.2) is 37.3 Å². The van der Waals surface area contributed by atoms with Gasteiger partial charge in [-0.15, -0.1) is 17.0 Å². The van der Waals surface area contributed by atoms with Crippen LogP contribution in [0.1, 0.15) is 25.8 Å². The maximum absolute atomic E-state index is 5.79. The van der Waals surface area contributed by atoms with Gasteiger partial charge in [-0.05, 0) is 18.9 Å². The van der Waals surface area contributed by atoms with Crippen LogP contribution in [0.2, 0.25) is 0 Å². The molecule has 1 rings (SSSR count). The first-order valence-corrected chi connectivity index (χ1v) is 6.78. The van der Waals surface area contributed by atoms with E-state index >= 15 is 0 Å². The van der Waals surface area contributed by atoms with Crippen LogP contribution in [0.25, 0.3) is 0 Å². The molecule has 1 heterocycles. The number of nitrogens with zero attached hydrogens (tertiary/aromatic N) is 2. The number of ether oxygens (including phenoxy) is 2. The van der Waals surface area contributed by atoms with E-state index in [1.807, 2.05) is 12.1 Å². The van der Waals surface area contributed by atoms with E-state index in [9.17, 15) is 0 Å². The minimum atomic E-state index is 0. The van der Waals surface area contributed by atoms with Gasteiger partial charge in [-0.25, -0.2) is 9.98 Å². The number of halogens is 1. The zero-order valence-electron chi connectivity index (χ0n) is 12.8. The first-order valence-electron chi connectivity index (χ1n) is 6.78. The van der Waals surface area contributed by atoms with E-state index in [0.717, 1.165) is 12.0 Å². The van der Waals surface area contributed by atoms with E-state index in [0.29, 0.717) is 37.6 Å². The molecular weight excluding hydrogens is 336 g/mol. The summed E-state index contributed by atoms with van der Waals surface area (Å²) in [7, 11) is 1.63. The normalized spacial score (nSPS) is 12.4. The topological polar surface area (TPSA) is 81.8 Å². The number of guanidine groups is 1. The molecule has 1 unspecified atom stereocenters. The standard InChI is InChI=1S/C14H24N4O2.BrH/c1-4-11(2)18-14(15)17-10-12-5-6-13(16-9-12)20-8-7-19-3;/h5-6,9,11H,4,7-8,10H2,1-3H3,(H3,15,17,18);1H. The van der Waals surface area contributed by atoms with Crippen LogP contribution in [0.3, 0.4) is 0 Å². The first kappa shape index (κ1) is 19.7. The molecule has 0 aliphatic rings. The molecule has 0 amide bonds. The average molecular weight is 361 g/mol. The highest BCUT2D eigenvalue weighted by molar-refractivity contribution is 8.93. The van der Waals surface area contributed by atoms with Crippen LogP contribution < -0.4 is 15.8 Å². The van der Waals surface area contributed by atoms with Crippen molar-refractivity contribution in [1.29, 1.82) is 0 Å². The van der Waals surface area contributed by atoms with Crippen LogP contribution in [0.4, 0.5) is 0 Å². The Kier molecular flexibility index (Phi) is 10.6. The Hall–Kier alpha value is -1.34. The number of aromatic nitrogens is 1. The highest BCUT2D eigenvalue weighted by Crippen LogP contribution is 2.08. The van der Waals surface area contributed by atoms with E-state index in [2.05, 4.69) is 29.1 Å². The average Bonchev–Trinajstić information content (AvgIpc) is 2.46. The highest BCUT2D eigenvalue weighted by atomic mass is 79.9. The molecule has 6 nitrogen and oxygen atoms in total. The molecule has 0 radical (unpaired) electrons. The Morgan fingerprint density at radius 1 is 1.43 bits per heavy atom. The van der Waals surface area contributed by atoms with Crippen LogP contribution in [0.5, 0.6) is 5.88 Å². The monoisotopic (exact) mass is 360 g/mol. The molecule has 0 bridgehead atoms. The van der Waals surface area contributed by atoms with Crippen molar-refractivity contribution in [2.24, 2.45) is 10.7 Å². The lowest BCUT2D eigenvalue weighted by Gasteiger charge is -2.11. The maximum Gasteiger partial charge on any atom is 0.213 e. The van der Waals surface area contributed by atoms with Crippen molar-refractivity contribution < 1.29 is 9.47 Å². The molecule has 1 atom stereocenters. The lowest BCUT2D eigenvalue weighted by molar-refractivity contribution is 0.143. The van der Waals surface area contributed by atoms with Crippen molar-refractivity contribution in [1.82, 2.24) is 10.3 Å². The predicted molar refractivity (Wildman–Crippen MR) is 90.1 cm³/mol. The molecule has 0 aliphatic carbocycles. The molecule has 1 aromatic heterocycles. The van der Waals surface area contributed by atoms with Crippen LogP contribution in [0.15, 0.2) is 23.3 Å². The van der Waals surface area contributed by atoms with Crippen molar-refractivity contribution >= 4 is 22.9 Å². The molecule has 0 fully saturated rings. The van der Waals surface area contributed by atoms with Gasteiger partial charge in [0, 0.05) is 25.4 Å². The summed E-state index contributed by atoms with van der Waals surface area (Å²) in [6.07, 6.45) is 2.74. The fourth-order valence-corrected chi connectivity index (χ4v) is 1.40. The molecule has 0 saturated heterocycles. The van der Waals surface area contributed by atoms with Gasteiger partial charge in [-0.1, -0.05) is 13.0 Å². The minimum absolute atomic E-state index is 0. The van der Waals surface area contributed by atoms with Gasteiger partial charge in [0.1, 0.15) is 6.61 Å². The van der Waals surface area contributed by atoms with Gasteiger partial charge >= 0.3 is 0 Å². The Bertz CT molecular complexity index is 412. The number of hydrogen-bond acceptors (Lipinski definition) is 4. The van der Waals surface area contributed by atoms with Gasteiger partial charge in [0.05, 0.1) is 13.2 Å². The number of methoxy groups -OCH3 is 1. The molecule has 120 valence electrons. The van der Waals surface area contributed by atoms with E-state index in [4.69, 9.17) is 15.2 Å². The number of aliphatic imine (C=N–C) groups is 1. The van der Waals surface area contributed by atoms with Crippen molar-refractivity contribution in [3.8, 4) is 5.88 Å². The summed E-state index contributed by atoms with van der Waals surface area (Å²) in [5, 5.41) is 3.11. The molecule has 0 spiro atoms. The van der Waals surface area contributed by atoms with Gasteiger partial charge < -0.3 is 20.5 Å². The number of hydrogen-bond donors (Lipinski definition) is 2. The second-order valence-corrected chi connectivity index (χ2v) is 4.50. The minimum Gasteiger partial charge on any atom is -0.475 e. The second-order valence-electron chi connectivity index (χ2n) is 4.50. The summed E-state index contributed by atoms with van der Waals surface area (Å²) < 4.78 is 10.3. The smallest absolute Gasteiger partial charge is 0.213 e. The molecule has 0 saturated carbocycles. The lowest BCUT2D eigenvalue weighted by atomic mass is 10.3. The predicted octanol–water partition coefficient (Wildman–Crippen LogP) is 1.89. The molecular formula is C14H25BrN4O2. The summed E-state index contributed by atoms with van der Waals surface area (Å²) >= 11 is 0. The zero-order valence-corrected chi connectivity index (χ0v) is 14.5. The SMILES string of the molecule is Br.CCC(C)NC(N)=NCc1ccc(OCCOC)nc1. The van der Waals surface area contributed by atoms with Gasteiger partial charge in [-0.2, -0.15) is 0 Å². The molecule has 0 aliphatic heterocycles. The third kappa shape index (κ3) is 8.52. The number of pyridine rings is 1. The Labute approximate surface area is 136 Å². The summed E-state index contributed by atoms with van der Waals surface area (Å²) in [5.74, 6) is 1.04. The summed E-state index contributed by atoms with van der Waals surface area (Å²) in [4.78, 5) is 8.47. The second kappa shape index (κ2) is 11.3. The van der Waals surface area contributed by atoms with Gasteiger partial charge in [-0.3, -0.25) is 0 Å². The summed E-state index contributed by atoms with van der Waals surface area (Å²) in [6.45, 7) is 5.70. The maximum atomic E-state index is 5.79. The van der Waals surface area contributed by atoms with E-state index in [1.165, 1.54) is 0 Å². The fourth-order valence-electron chi connectivity index (χ4n) is 1.40. The molecule has 21 heavy (non-hydrogen) atoms. The number of nitrogens with two attached hydrogens (primary N) is 1. The Balaban J connectivity index is 0.00000400. The quantitative estimate of drug-likeness (QED) is 0.420. The third-order valence-electron chi connectivity index (χ3n) is 2.77. The summed E-state index contributed by atoms with van der Waals surface area (Å²) in [5.41, 5.74) is 6.77. The largest absolute Gasteiger partial charge is 0.475 e. The van der Waals surface area contributed by atoms with E-state index in [1.54, 1.807) is 13.3 Å². The van der Waals surface area contributed by atoms with Crippen LogP contribution in [0, 0.1) is 0 Å². The van der Waals surface area contributed by atoms with Crippen LogP contribution >= 0.6 is 17.0 Å². The lowest BCUT2D eigenvalue weighted by Crippen LogP contribution is -2.38. The number of rotatable bonds is 8. The van der Waals surface area contributed by atoms with Crippen molar-refractivity contribution in [2.45, 2.75) is 32.9 Å². The van der Waals surface area contributed by atoms with Crippen LogP contribution in [-0.2, 0) is 11.3 Å². The Morgan fingerprint density at radius 3 is 2.76 bits per heavy atom. The van der Waals surface area contributed by atoms with Crippen molar-refractivity contribution in [3.05, 3.63) is 23.9 Å². The first-order chi connectivity index (χ1) is 9.65. The molecule has 3 N–H and O–H groups in total. The Morgan fingerprint density at radius 2 is 2.19 bits per heavy atom. The summed E-state index contributed by atoms with van der Waals surface area (Å²) in [6, 6.07) is 4.07.